The number of methoxy groups -OCH3 is 1. The fourth-order valence-corrected chi connectivity index (χ4v) is 8.49. The van der Waals surface area contributed by atoms with Crippen molar-refractivity contribution >= 4 is 19.7 Å². The molecule has 0 spiro atoms. The van der Waals surface area contributed by atoms with Gasteiger partial charge in [-0.15, -0.1) is 0 Å². The van der Waals surface area contributed by atoms with Gasteiger partial charge in [-0.2, -0.15) is 0 Å². The molecule has 8 heteroatoms. The highest BCUT2D eigenvalue weighted by molar-refractivity contribution is 7.96. The predicted octanol–water partition coefficient (Wildman–Crippen LogP) is 0.741. The van der Waals surface area contributed by atoms with E-state index in [0.29, 0.717) is 13.2 Å². The smallest absolute Gasteiger partial charge is 0.183 e. The molecule has 1 fully saturated rings. The second-order valence-corrected chi connectivity index (χ2v) is 11.2. The summed E-state index contributed by atoms with van der Waals surface area (Å²) >= 11 is 0. The van der Waals surface area contributed by atoms with Gasteiger partial charge >= 0.3 is 0 Å². The fourth-order valence-electron chi connectivity index (χ4n) is 3.72. The largest absolute Gasteiger partial charge is 0.383 e. The van der Waals surface area contributed by atoms with Crippen molar-refractivity contribution in [2.45, 2.75) is 41.9 Å². The quantitative estimate of drug-likeness (QED) is 0.724. The minimum absolute atomic E-state index is 0.147. The lowest BCUT2D eigenvalue weighted by Gasteiger charge is -2.21. The molecule has 1 aromatic carbocycles. The summed E-state index contributed by atoms with van der Waals surface area (Å²) in [5, 5.41) is 2.09. The van der Waals surface area contributed by atoms with E-state index in [-0.39, 0.29) is 16.4 Å². The second-order valence-electron chi connectivity index (χ2n) is 6.85. The molecule has 1 aliphatic carbocycles. The minimum atomic E-state index is -3.71. The van der Waals surface area contributed by atoms with Crippen LogP contribution >= 0.6 is 0 Å². The van der Waals surface area contributed by atoms with E-state index >= 15 is 0 Å². The molecule has 0 unspecified atom stereocenters. The van der Waals surface area contributed by atoms with Crippen molar-refractivity contribution in [3.05, 3.63) is 29.3 Å². The van der Waals surface area contributed by atoms with E-state index in [2.05, 4.69) is 5.32 Å². The van der Waals surface area contributed by atoms with Gasteiger partial charge in [0.2, 0.25) is 0 Å². The van der Waals surface area contributed by atoms with E-state index in [1.807, 2.05) is 6.07 Å². The van der Waals surface area contributed by atoms with Gasteiger partial charge < -0.3 is 10.1 Å². The van der Waals surface area contributed by atoms with Crippen LogP contribution in [-0.2, 0) is 37.3 Å². The molecule has 3 rings (SSSR count). The summed E-state index contributed by atoms with van der Waals surface area (Å²) in [5.74, 6) is -0.470. The Morgan fingerprint density at radius 1 is 1.16 bits per heavy atom. The first kappa shape index (κ1) is 18.8. The van der Waals surface area contributed by atoms with Crippen LogP contribution in [0.5, 0.6) is 0 Å². The SMILES string of the molecule is COCCN[C@H]1CS(=O)(=O)C[C@@H]1S(=O)(=O)c1ccc2c(c1)CCCC2. The maximum Gasteiger partial charge on any atom is 0.183 e. The summed E-state index contributed by atoms with van der Waals surface area (Å²) in [4.78, 5) is 0.244. The highest BCUT2D eigenvalue weighted by Gasteiger charge is 2.45. The predicted molar refractivity (Wildman–Crippen MR) is 96.4 cm³/mol. The molecular formula is C17H25NO5S2. The molecule has 0 aromatic heterocycles. The van der Waals surface area contributed by atoms with Gasteiger partial charge in [-0.05, 0) is 48.9 Å². The number of benzene rings is 1. The molecule has 0 amide bonds. The van der Waals surface area contributed by atoms with Gasteiger partial charge in [0.05, 0.1) is 28.3 Å². The second kappa shape index (κ2) is 7.34. The lowest BCUT2D eigenvalue weighted by atomic mass is 9.92. The molecule has 0 bridgehead atoms. The van der Waals surface area contributed by atoms with E-state index in [1.54, 1.807) is 19.2 Å². The van der Waals surface area contributed by atoms with E-state index in [1.165, 1.54) is 5.56 Å². The van der Waals surface area contributed by atoms with Gasteiger partial charge in [-0.3, -0.25) is 0 Å². The van der Waals surface area contributed by atoms with Gasteiger partial charge in [0, 0.05) is 19.7 Å². The van der Waals surface area contributed by atoms with Gasteiger partial charge in [-0.1, -0.05) is 6.07 Å². The fraction of sp³-hybridized carbons (Fsp3) is 0.647. The highest BCUT2D eigenvalue weighted by atomic mass is 32.2. The summed E-state index contributed by atoms with van der Waals surface area (Å²) in [7, 11) is -5.53. The molecule has 1 heterocycles. The maximum atomic E-state index is 13.1. The van der Waals surface area contributed by atoms with E-state index in [4.69, 9.17) is 4.74 Å². The Labute approximate surface area is 149 Å². The summed E-state index contributed by atoms with van der Waals surface area (Å²) in [6, 6.07) is 4.68. The Bertz CT molecular complexity index is 833. The summed E-state index contributed by atoms with van der Waals surface area (Å²) in [6.45, 7) is 0.828. The number of aryl methyl sites for hydroxylation is 2. The molecule has 25 heavy (non-hydrogen) atoms. The summed E-state index contributed by atoms with van der Waals surface area (Å²) in [6.07, 6.45) is 4.06. The van der Waals surface area contributed by atoms with Crippen molar-refractivity contribution in [2.24, 2.45) is 0 Å². The van der Waals surface area contributed by atoms with Crippen LogP contribution in [0, 0.1) is 0 Å². The van der Waals surface area contributed by atoms with Crippen LogP contribution < -0.4 is 5.32 Å². The van der Waals surface area contributed by atoms with Crippen molar-refractivity contribution in [3.8, 4) is 0 Å². The molecule has 1 aromatic rings. The third-order valence-corrected chi connectivity index (χ3v) is 9.21. The van der Waals surface area contributed by atoms with Crippen molar-refractivity contribution in [2.75, 3.05) is 31.8 Å². The zero-order valence-corrected chi connectivity index (χ0v) is 16.0. The van der Waals surface area contributed by atoms with Crippen LogP contribution in [0.25, 0.3) is 0 Å². The van der Waals surface area contributed by atoms with E-state index in [0.717, 1.165) is 31.2 Å². The Hall–Kier alpha value is -0.960. The van der Waals surface area contributed by atoms with Gasteiger partial charge in [-0.25, -0.2) is 16.8 Å². The first-order valence-corrected chi connectivity index (χ1v) is 12.0. The number of hydrogen-bond acceptors (Lipinski definition) is 6. The average molecular weight is 388 g/mol. The zero-order chi connectivity index (χ0) is 18.1. The Morgan fingerprint density at radius 3 is 2.60 bits per heavy atom. The average Bonchev–Trinajstić information content (AvgIpc) is 2.90. The van der Waals surface area contributed by atoms with E-state index < -0.39 is 31.0 Å². The maximum absolute atomic E-state index is 13.1. The van der Waals surface area contributed by atoms with Crippen LogP contribution in [0.15, 0.2) is 23.1 Å². The molecule has 1 aliphatic heterocycles. The molecular weight excluding hydrogens is 362 g/mol. The molecule has 6 nitrogen and oxygen atoms in total. The third-order valence-electron chi connectivity index (χ3n) is 5.06. The third kappa shape index (κ3) is 4.07. The van der Waals surface area contributed by atoms with Crippen molar-refractivity contribution in [1.29, 1.82) is 0 Å². The lowest BCUT2D eigenvalue weighted by Crippen LogP contribution is -2.44. The van der Waals surface area contributed by atoms with Gasteiger partial charge in [0.1, 0.15) is 0 Å². The van der Waals surface area contributed by atoms with Crippen LogP contribution in [0.3, 0.4) is 0 Å². The number of hydrogen-bond donors (Lipinski definition) is 1. The standard InChI is InChI=1S/C17H25NO5S2/c1-23-9-8-18-16-11-24(19,20)12-17(16)25(21,22)15-7-6-13-4-2-3-5-14(13)10-15/h6-7,10,16-18H,2-5,8-9,11-12H2,1H3/t16-,17-/m0/s1. The number of nitrogens with one attached hydrogen (secondary N) is 1. The van der Waals surface area contributed by atoms with Gasteiger partial charge in [0.25, 0.3) is 0 Å². The van der Waals surface area contributed by atoms with Crippen molar-refractivity contribution in [1.82, 2.24) is 5.32 Å². The summed E-state index contributed by atoms with van der Waals surface area (Å²) in [5.41, 5.74) is 2.29. The Kier molecular flexibility index (Phi) is 5.53. The molecule has 2 aliphatic rings. The zero-order valence-electron chi connectivity index (χ0n) is 14.4. The molecule has 1 saturated heterocycles. The number of sulfone groups is 2. The molecule has 0 saturated carbocycles. The van der Waals surface area contributed by atoms with Crippen molar-refractivity contribution in [3.63, 3.8) is 0 Å². The van der Waals surface area contributed by atoms with Crippen LogP contribution in [0.1, 0.15) is 24.0 Å². The van der Waals surface area contributed by atoms with Gasteiger partial charge in [0.15, 0.2) is 19.7 Å². The summed E-state index contributed by atoms with van der Waals surface area (Å²) < 4.78 is 55.3. The minimum Gasteiger partial charge on any atom is -0.383 e. The van der Waals surface area contributed by atoms with E-state index in [9.17, 15) is 16.8 Å². The lowest BCUT2D eigenvalue weighted by molar-refractivity contribution is 0.196. The monoisotopic (exact) mass is 387 g/mol. The molecule has 2 atom stereocenters. The Balaban J connectivity index is 1.89. The molecule has 140 valence electrons. The molecule has 0 radical (unpaired) electrons. The highest BCUT2D eigenvalue weighted by Crippen LogP contribution is 2.29. The number of ether oxygens (including phenoxy) is 1. The normalized spacial score (nSPS) is 25.6. The van der Waals surface area contributed by atoms with Crippen LogP contribution in [0.4, 0.5) is 0 Å². The van der Waals surface area contributed by atoms with Crippen LogP contribution in [-0.4, -0.2) is 59.9 Å². The van der Waals surface area contributed by atoms with Crippen LogP contribution in [0.2, 0.25) is 0 Å². The Morgan fingerprint density at radius 2 is 1.88 bits per heavy atom. The topological polar surface area (TPSA) is 89.5 Å². The first-order chi connectivity index (χ1) is 11.8. The number of rotatable bonds is 6. The van der Waals surface area contributed by atoms with Crippen molar-refractivity contribution < 1.29 is 21.6 Å². The molecule has 1 N–H and O–H groups in total. The first-order valence-electron chi connectivity index (χ1n) is 8.62. The number of fused-ring (bicyclic) bond motifs is 1.